The van der Waals surface area contributed by atoms with Crippen molar-refractivity contribution in [2.75, 3.05) is 20.0 Å². The molecule has 0 bridgehead atoms. The van der Waals surface area contributed by atoms with Gasteiger partial charge in [-0.2, -0.15) is 0 Å². The van der Waals surface area contributed by atoms with Gasteiger partial charge in [0.15, 0.2) is 17.3 Å². The van der Waals surface area contributed by atoms with Crippen LogP contribution in [0.15, 0.2) is 48.7 Å². The largest absolute Gasteiger partial charge is 0.493 e. The van der Waals surface area contributed by atoms with E-state index in [9.17, 15) is 9.18 Å². The summed E-state index contributed by atoms with van der Waals surface area (Å²) >= 11 is 0. The zero-order valence-electron chi connectivity index (χ0n) is 15.4. The molecule has 3 N–H and O–H groups in total. The Labute approximate surface area is 161 Å². The Morgan fingerprint density at radius 1 is 1.18 bits per heavy atom. The molecule has 3 aromatic rings. The lowest BCUT2D eigenvalue weighted by molar-refractivity contribution is 0.0951. The molecule has 0 saturated heterocycles. The van der Waals surface area contributed by atoms with Crippen molar-refractivity contribution < 1.29 is 18.7 Å². The van der Waals surface area contributed by atoms with Gasteiger partial charge < -0.3 is 20.5 Å². The fraction of sp³-hybridized carbons (Fsp3) is 0.150. The lowest BCUT2D eigenvalue weighted by atomic mass is 10.1. The van der Waals surface area contributed by atoms with E-state index < -0.39 is 11.7 Å². The minimum atomic E-state index is -0.437. The Morgan fingerprint density at radius 2 is 1.96 bits per heavy atom. The third kappa shape index (κ3) is 4.01. The maximum Gasteiger partial charge on any atom is 0.256 e. The third-order valence-electron chi connectivity index (χ3n) is 4.07. The van der Waals surface area contributed by atoms with E-state index in [0.717, 1.165) is 5.56 Å². The molecule has 2 aromatic carbocycles. The van der Waals surface area contributed by atoms with Gasteiger partial charge in [-0.1, -0.05) is 24.3 Å². The van der Waals surface area contributed by atoms with Crippen molar-refractivity contribution in [2.24, 2.45) is 0 Å². The molecule has 1 amide bonds. The van der Waals surface area contributed by atoms with Crippen LogP contribution in [0, 0.1) is 5.82 Å². The number of methoxy groups -OCH3 is 2. The van der Waals surface area contributed by atoms with E-state index in [1.165, 1.54) is 25.4 Å². The fourth-order valence-corrected chi connectivity index (χ4v) is 2.70. The maximum absolute atomic E-state index is 13.4. The molecule has 0 aliphatic heterocycles. The third-order valence-corrected chi connectivity index (χ3v) is 4.07. The molecule has 3 rings (SSSR count). The van der Waals surface area contributed by atoms with Gasteiger partial charge in [0.2, 0.25) is 0 Å². The van der Waals surface area contributed by atoms with Crippen LogP contribution in [-0.4, -0.2) is 30.1 Å². The first-order valence-electron chi connectivity index (χ1n) is 8.40. The number of ether oxygens (including phenoxy) is 2. The molecule has 0 saturated carbocycles. The SMILES string of the molecule is COc1cccc(CNC(=O)c2cnc(-c3cccc(F)c3)nc2N)c1OC. The van der Waals surface area contributed by atoms with Gasteiger partial charge in [-0.3, -0.25) is 4.79 Å². The number of nitrogen functional groups attached to an aromatic ring is 1. The second-order valence-electron chi connectivity index (χ2n) is 5.84. The highest BCUT2D eigenvalue weighted by atomic mass is 19.1. The summed E-state index contributed by atoms with van der Waals surface area (Å²) in [5.74, 6) is 0.502. The minimum absolute atomic E-state index is 0.00404. The van der Waals surface area contributed by atoms with Gasteiger partial charge >= 0.3 is 0 Å². The normalized spacial score (nSPS) is 10.4. The first-order valence-corrected chi connectivity index (χ1v) is 8.40. The molecule has 0 unspecified atom stereocenters. The van der Waals surface area contributed by atoms with E-state index in [1.54, 1.807) is 31.4 Å². The van der Waals surface area contributed by atoms with Gasteiger partial charge in [-0.05, 0) is 18.2 Å². The Balaban J connectivity index is 1.77. The zero-order valence-corrected chi connectivity index (χ0v) is 15.4. The summed E-state index contributed by atoms with van der Waals surface area (Å²) in [5, 5.41) is 2.76. The number of anilines is 1. The molecule has 144 valence electrons. The van der Waals surface area contributed by atoms with E-state index in [0.29, 0.717) is 17.1 Å². The predicted octanol–water partition coefficient (Wildman–Crippen LogP) is 2.81. The number of carbonyl (C=O) groups excluding carboxylic acids is 1. The fourth-order valence-electron chi connectivity index (χ4n) is 2.70. The molecular weight excluding hydrogens is 363 g/mol. The highest BCUT2D eigenvalue weighted by Gasteiger charge is 2.15. The number of benzene rings is 2. The number of carbonyl (C=O) groups is 1. The Hall–Kier alpha value is -3.68. The van der Waals surface area contributed by atoms with Crippen LogP contribution in [0.2, 0.25) is 0 Å². The van der Waals surface area contributed by atoms with E-state index in [1.807, 2.05) is 6.07 Å². The minimum Gasteiger partial charge on any atom is -0.493 e. The quantitative estimate of drug-likeness (QED) is 0.680. The van der Waals surface area contributed by atoms with Gasteiger partial charge in [0.25, 0.3) is 5.91 Å². The average molecular weight is 382 g/mol. The molecule has 1 aromatic heterocycles. The highest BCUT2D eigenvalue weighted by Crippen LogP contribution is 2.30. The molecular formula is C20H19FN4O3. The van der Waals surface area contributed by atoms with E-state index in [4.69, 9.17) is 15.2 Å². The van der Waals surface area contributed by atoms with Crippen molar-refractivity contribution in [3.63, 3.8) is 0 Å². The Kier molecular flexibility index (Phi) is 5.69. The lowest BCUT2D eigenvalue weighted by Crippen LogP contribution is -2.24. The summed E-state index contributed by atoms with van der Waals surface area (Å²) in [6.07, 6.45) is 1.32. The van der Waals surface area contributed by atoms with E-state index in [2.05, 4.69) is 15.3 Å². The predicted molar refractivity (Wildman–Crippen MR) is 103 cm³/mol. The molecule has 0 fully saturated rings. The number of nitrogens with two attached hydrogens (primary N) is 1. The summed E-state index contributed by atoms with van der Waals surface area (Å²) < 4.78 is 24.0. The molecule has 0 spiro atoms. The lowest BCUT2D eigenvalue weighted by Gasteiger charge is -2.13. The Morgan fingerprint density at radius 3 is 2.64 bits per heavy atom. The monoisotopic (exact) mass is 382 g/mol. The summed E-state index contributed by atoms with van der Waals surface area (Å²) in [5.41, 5.74) is 7.26. The maximum atomic E-state index is 13.4. The van der Waals surface area contributed by atoms with Crippen molar-refractivity contribution in [3.8, 4) is 22.9 Å². The molecule has 0 aliphatic carbocycles. The van der Waals surface area contributed by atoms with Crippen LogP contribution < -0.4 is 20.5 Å². The van der Waals surface area contributed by atoms with Gasteiger partial charge in [0.1, 0.15) is 11.6 Å². The van der Waals surface area contributed by atoms with Crippen LogP contribution in [0.5, 0.6) is 11.5 Å². The number of rotatable bonds is 6. The molecule has 7 nitrogen and oxygen atoms in total. The molecule has 8 heteroatoms. The smallest absolute Gasteiger partial charge is 0.256 e. The van der Waals surface area contributed by atoms with E-state index in [-0.39, 0.29) is 23.8 Å². The number of halogens is 1. The van der Waals surface area contributed by atoms with Crippen molar-refractivity contribution in [1.82, 2.24) is 15.3 Å². The topological polar surface area (TPSA) is 99.4 Å². The van der Waals surface area contributed by atoms with Gasteiger partial charge in [-0.15, -0.1) is 0 Å². The number of nitrogens with zero attached hydrogens (tertiary/aromatic N) is 2. The molecule has 1 heterocycles. The van der Waals surface area contributed by atoms with Gasteiger partial charge in [-0.25, -0.2) is 14.4 Å². The zero-order chi connectivity index (χ0) is 20.1. The molecule has 28 heavy (non-hydrogen) atoms. The number of nitrogens with one attached hydrogen (secondary N) is 1. The molecule has 0 radical (unpaired) electrons. The summed E-state index contributed by atoms with van der Waals surface area (Å²) in [4.78, 5) is 20.7. The highest BCUT2D eigenvalue weighted by molar-refractivity contribution is 5.98. The first-order chi connectivity index (χ1) is 13.5. The van der Waals surface area contributed by atoms with Crippen LogP contribution in [0.4, 0.5) is 10.2 Å². The van der Waals surface area contributed by atoms with Crippen molar-refractivity contribution >= 4 is 11.7 Å². The second kappa shape index (κ2) is 8.34. The van der Waals surface area contributed by atoms with Crippen LogP contribution >= 0.6 is 0 Å². The van der Waals surface area contributed by atoms with Crippen molar-refractivity contribution in [2.45, 2.75) is 6.54 Å². The first kappa shape index (κ1) is 19.1. The van der Waals surface area contributed by atoms with Crippen LogP contribution in [0.3, 0.4) is 0 Å². The number of para-hydroxylation sites is 1. The van der Waals surface area contributed by atoms with Crippen LogP contribution in [-0.2, 0) is 6.54 Å². The van der Waals surface area contributed by atoms with E-state index >= 15 is 0 Å². The average Bonchev–Trinajstić information content (AvgIpc) is 2.71. The number of amides is 1. The summed E-state index contributed by atoms with van der Waals surface area (Å²) in [6.45, 7) is 0.199. The van der Waals surface area contributed by atoms with Crippen molar-refractivity contribution in [1.29, 1.82) is 0 Å². The van der Waals surface area contributed by atoms with Gasteiger partial charge in [0.05, 0.1) is 19.8 Å². The van der Waals surface area contributed by atoms with Crippen molar-refractivity contribution in [3.05, 3.63) is 65.6 Å². The molecule has 0 aliphatic rings. The summed E-state index contributed by atoms with van der Waals surface area (Å²) in [6, 6.07) is 11.2. The number of hydrogen-bond acceptors (Lipinski definition) is 6. The van der Waals surface area contributed by atoms with Gasteiger partial charge in [0, 0.05) is 23.9 Å². The second-order valence-corrected chi connectivity index (χ2v) is 5.84. The van der Waals surface area contributed by atoms with Crippen LogP contribution in [0.25, 0.3) is 11.4 Å². The molecule has 0 atom stereocenters. The number of hydrogen-bond donors (Lipinski definition) is 2. The Bertz CT molecular complexity index is 1010. The standard InChI is InChI=1S/C20H19FN4O3/c1-27-16-8-4-6-13(17(16)28-2)10-24-20(26)15-11-23-19(25-18(15)22)12-5-3-7-14(21)9-12/h3-9,11H,10H2,1-2H3,(H,24,26)(H2,22,23,25). The van der Waals surface area contributed by atoms with Crippen LogP contribution in [0.1, 0.15) is 15.9 Å². The number of aromatic nitrogens is 2. The summed E-state index contributed by atoms with van der Waals surface area (Å²) in [7, 11) is 3.07.